The summed E-state index contributed by atoms with van der Waals surface area (Å²) in [6, 6.07) is 0. The predicted molar refractivity (Wildman–Crippen MR) is 237 cm³/mol. The fourth-order valence-corrected chi connectivity index (χ4v) is 14.9. The number of aliphatic hydroxyl groups is 13. The molecular weight excluding hydrogens is 893 g/mol. The van der Waals surface area contributed by atoms with Crippen LogP contribution in [0, 0.1) is 44.3 Å². The molecular formula is C49H80O19. The first-order chi connectivity index (χ1) is 32.0. The summed E-state index contributed by atoms with van der Waals surface area (Å²) < 4.78 is 36.1. The van der Waals surface area contributed by atoms with Crippen molar-refractivity contribution in [3.63, 3.8) is 0 Å². The number of hydrogen-bond donors (Lipinski definition) is 13. The fourth-order valence-electron chi connectivity index (χ4n) is 14.9. The van der Waals surface area contributed by atoms with E-state index in [1.807, 2.05) is 6.92 Å². The lowest BCUT2D eigenvalue weighted by Gasteiger charge is -2.70. The normalized spacial score (nSPS) is 55.0. The molecule has 19 heteroatoms. The second kappa shape index (κ2) is 19.2. The van der Waals surface area contributed by atoms with Crippen molar-refractivity contribution in [3.8, 4) is 0 Å². The SMILES string of the molecule is CC1OC(OC2CCC3(C)C(CCC4(C)C3C=CC3=C5CC(C)(CCO)CCC5(CO)C(O)CC34C)C2(C)CO)C(O)C(OC2OC(CO)C(O)C(O)C2OC2OC(CO)C(O)C(O)C2O)C1O. The van der Waals surface area contributed by atoms with Crippen LogP contribution in [0.2, 0.25) is 0 Å². The van der Waals surface area contributed by atoms with Crippen molar-refractivity contribution in [1.29, 1.82) is 0 Å². The molecule has 0 radical (unpaired) electrons. The molecule has 390 valence electrons. The zero-order chi connectivity index (χ0) is 49.7. The van der Waals surface area contributed by atoms with E-state index < -0.39 is 134 Å². The second-order valence-electron chi connectivity index (χ2n) is 23.2. The van der Waals surface area contributed by atoms with Gasteiger partial charge in [0, 0.05) is 22.9 Å². The topological polar surface area (TPSA) is 318 Å². The van der Waals surface area contributed by atoms with Gasteiger partial charge in [-0.05, 0) is 98.4 Å². The summed E-state index contributed by atoms with van der Waals surface area (Å²) in [4.78, 5) is 0. The maximum absolute atomic E-state index is 12.2. The molecule has 13 N–H and O–H groups in total. The molecule has 0 aromatic rings. The van der Waals surface area contributed by atoms with Gasteiger partial charge in [-0.15, -0.1) is 0 Å². The number of hydrogen-bond acceptors (Lipinski definition) is 19. The monoisotopic (exact) mass is 973 g/mol. The Hall–Kier alpha value is -1.28. The number of fused-ring (bicyclic) bond motifs is 6. The Morgan fingerprint density at radius 1 is 0.632 bits per heavy atom. The van der Waals surface area contributed by atoms with E-state index in [2.05, 4.69) is 39.8 Å². The maximum atomic E-state index is 12.2. The predicted octanol–water partition coefficient (Wildman–Crippen LogP) is -1.13. The van der Waals surface area contributed by atoms with E-state index >= 15 is 0 Å². The van der Waals surface area contributed by atoms with Gasteiger partial charge in [0.1, 0.15) is 67.1 Å². The van der Waals surface area contributed by atoms with Crippen LogP contribution in [0.5, 0.6) is 0 Å². The lowest BCUT2D eigenvalue weighted by molar-refractivity contribution is -0.391. The van der Waals surface area contributed by atoms with Crippen LogP contribution in [-0.4, -0.2) is 204 Å². The average Bonchev–Trinajstić information content (AvgIpc) is 3.30. The van der Waals surface area contributed by atoms with Crippen LogP contribution in [-0.2, 0) is 28.4 Å². The van der Waals surface area contributed by atoms with Crippen molar-refractivity contribution in [2.75, 3.05) is 33.0 Å². The molecule has 0 aromatic carbocycles. The molecule has 68 heavy (non-hydrogen) atoms. The summed E-state index contributed by atoms with van der Waals surface area (Å²) >= 11 is 0. The maximum Gasteiger partial charge on any atom is 0.187 e. The first-order valence-electron chi connectivity index (χ1n) is 24.8. The standard InChI is InChI=1S/C49H80O19/c1-23-32(56)39(67-43-40(36(60)34(58)27(20-52)65-43)68-41-37(61)35(59)33(57)26(19-51)64-41)38(62)42(63-23)66-31-10-11-45(3)28(46(31,4)21-53)9-12-47(5)29(45)8-7-24-25-17-44(2,15-16-50)13-14-49(25,22-54)30(55)18-48(24,47)6/h7-8,23,26-43,50-62H,9-22H2,1-6H3. The van der Waals surface area contributed by atoms with Gasteiger partial charge in [0.2, 0.25) is 0 Å². The molecule has 8 rings (SSSR count). The Morgan fingerprint density at radius 3 is 1.90 bits per heavy atom. The highest BCUT2D eigenvalue weighted by Gasteiger charge is 2.69. The summed E-state index contributed by atoms with van der Waals surface area (Å²) in [5, 5.41) is 141. The summed E-state index contributed by atoms with van der Waals surface area (Å²) in [7, 11) is 0. The Morgan fingerprint density at radius 2 is 1.26 bits per heavy atom. The quantitative estimate of drug-likeness (QED) is 0.103. The van der Waals surface area contributed by atoms with Gasteiger partial charge in [-0.3, -0.25) is 0 Å². The zero-order valence-corrected chi connectivity index (χ0v) is 40.3. The lowest BCUT2D eigenvalue weighted by atomic mass is 9.35. The van der Waals surface area contributed by atoms with Crippen LogP contribution < -0.4 is 0 Å². The van der Waals surface area contributed by atoms with Crippen LogP contribution in [0.15, 0.2) is 23.3 Å². The minimum Gasteiger partial charge on any atom is -0.396 e. The molecule has 25 atom stereocenters. The van der Waals surface area contributed by atoms with E-state index in [-0.39, 0.29) is 47.9 Å². The molecule has 5 aliphatic carbocycles. The smallest absolute Gasteiger partial charge is 0.187 e. The average molecular weight is 973 g/mol. The lowest BCUT2D eigenvalue weighted by Crippen LogP contribution is -2.67. The molecule has 3 saturated heterocycles. The molecule has 6 fully saturated rings. The molecule has 3 saturated carbocycles. The minimum absolute atomic E-state index is 0.0332. The fraction of sp³-hybridized carbons (Fsp3) is 0.918. The van der Waals surface area contributed by atoms with E-state index in [0.29, 0.717) is 38.5 Å². The van der Waals surface area contributed by atoms with Crippen molar-refractivity contribution in [2.24, 2.45) is 44.3 Å². The van der Waals surface area contributed by atoms with Crippen LogP contribution in [0.4, 0.5) is 0 Å². The van der Waals surface area contributed by atoms with E-state index in [9.17, 15) is 66.4 Å². The molecule has 19 nitrogen and oxygen atoms in total. The molecule has 0 amide bonds. The van der Waals surface area contributed by atoms with Gasteiger partial charge >= 0.3 is 0 Å². The van der Waals surface area contributed by atoms with Crippen molar-refractivity contribution >= 4 is 0 Å². The van der Waals surface area contributed by atoms with Crippen molar-refractivity contribution in [1.82, 2.24) is 0 Å². The Kier molecular flexibility index (Phi) is 15.0. The summed E-state index contributed by atoms with van der Waals surface area (Å²) in [6.07, 6.45) is -15.5. The summed E-state index contributed by atoms with van der Waals surface area (Å²) in [5.41, 5.74) is -0.533. The summed E-state index contributed by atoms with van der Waals surface area (Å²) in [5.74, 6) is -0.0483. The molecule has 8 aliphatic rings. The summed E-state index contributed by atoms with van der Waals surface area (Å²) in [6.45, 7) is 10.7. The molecule has 0 bridgehead atoms. The highest BCUT2D eigenvalue weighted by Crippen LogP contribution is 2.74. The Labute approximate surface area is 398 Å². The Bertz CT molecular complexity index is 1850. The van der Waals surface area contributed by atoms with Crippen molar-refractivity contribution < 1.29 is 94.8 Å². The molecule has 0 spiro atoms. The van der Waals surface area contributed by atoms with Gasteiger partial charge in [-0.1, -0.05) is 52.3 Å². The largest absolute Gasteiger partial charge is 0.396 e. The van der Waals surface area contributed by atoms with Crippen LogP contribution >= 0.6 is 0 Å². The highest BCUT2D eigenvalue weighted by molar-refractivity contribution is 5.47. The van der Waals surface area contributed by atoms with E-state index in [1.54, 1.807) is 6.92 Å². The number of aliphatic hydroxyl groups excluding tert-OH is 13. The van der Waals surface area contributed by atoms with E-state index in [1.165, 1.54) is 5.57 Å². The van der Waals surface area contributed by atoms with Gasteiger partial charge < -0.3 is 94.8 Å². The van der Waals surface area contributed by atoms with Gasteiger partial charge in [0.15, 0.2) is 18.9 Å². The first kappa shape index (κ1) is 53.0. The molecule has 0 aromatic heterocycles. The number of rotatable bonds is 12. The van der Waals surface area contributed by atoms with Crippen LogP contribution in [0.3, 0.4) is 0 Å². The third-order valence-corrected chi connectivity index (χ3v) is 19.6. The van der Waals surface area contributed by atoms with Gasteiger partial charge in [0.05, 0.1) is 44.7 Å². The molecule has 25 unspecified atom stereocenters. The highest BCUT2D eigenvalue weighted by atomic mass is 16.8. The van der Waals surface area contributed by atoms with Gasteiger partial charge in [-0.2, -0.15) is 0 Å². The van der Waals surface area contributed by atoms with Crippen LogP contribution in [0.25, 0.3) is 0 Å². The minimum atomic E-state index is -1.91. The third kappa shape index (κ3) is 8.14. The molecule has 3 heterocycles. The molecule has 3 aliphatic heterocycles. The number of ether oxygens (including phenoxy) is 6. The second-order valence-corrected chi connectivity index (χ2v) is 23.2. The zero-order valence-electron chi connectivity index (χ0n) is 40.3. The number of allylic oxidation sites excluding steroid dienone is 3. The van der Waals surface area contributed by atoms with Gasteiger partial charge in [-0.25, -0.2) is 0 Å². The van der Waals surface area contributed by atoms with Gasteiger partial charge in [0.25, 0.3) is 0 Å². The van der Waals surface area contributed by atoms with Crippen LogP contribution in [0.1, 0.15) is 99.3 Å². The van der Waals surface area contributed by atoms with Crippen molar-refractivity contribution in [2.45, 2.75) is 204 Å². The van der Waals surface area contributed by atoms with Crippen molar-refractivity contribution in [3.05, 3.63) is 23.3 Å². The Balaban J connectivity index is 1.04. The first-order valence-corrected chi connectivity index (χ1v) is 24.8. The third-order valence-electron chi connectivity index (χ3n) is 19.6. The van der Waals surface area contributed by atoms with E-state index in [4.69, 9.17) is 28.4 Å². The van der Waals surface area contributed by atoms with E-state index in [0.717, 1.165) is 24.8 Å².